The number of amides is 2. The van der Waals surface area contributed by atoms with Gasteiger partial charge in [-0.2, -0.15) is 0 Å². The molecule has 3 N–H and O–H groups in total. The molecule has 12 heteroatoms. The summed E-state index contributed by atoms with van der Waals surface area (Å²) in [6.07, 6.45) is 4.74. The molecule has 3 aromatic rings. The minimum atomic E-state index is -1.10. The van der Waals surface area contributed by atoms with E-state index in [0.717, 1.165) is 30.5 Å². The van der Waals surface area contributed by atoms with Crippen molar-refractivity contribution in [3.63, 3.8) is 0 Å². The minimum Gasteiger partial charge on any atom is -0.385 e. The van der Waals surface area contributed by atoms with Crippen LogP contribution in [0.2, 0.25) is 0 Å². The topological polar surface area (TPSA) is 109 Å². The number of hydrogen-bond donors (Lipinski definition) is 3. The Balaban J connectivity index is 0.00000405. The smallest absolute Gasteiger partial charge is 0.275 e. The number of rotatable bonds is 8. The zero-order valence-corrected chi connectivity index (χ0v) is 24.2. The third-order valence-electron chi connectivity index (χ3n) is 7.97. The van der Waals surface area contributed by atoms with E-state index in [2.05, 4.69) is 15.6 Å². The van der Waals surface area contributed by atoms with Gasteiger partial charge in [-0.3, -0.25) is 9.59 Å². The second-order valence-corrected chi connectivity index (χ2v) is 10.7. The van der Waals surface area contributed by atoms with Crippen LogP contribution < -0.4 is 10.6 Å². The predicted molar refractivity (Wildman–Crippen MR) is 156 cm³/mol. The van der Waals surface area contributed by atoms with Gasteiger partial charge in [-0.15, -0.1) is 12.4 Å². The lowest BCUT2D eigenvalue weighted by Crippen LogP contribution is -2.57. The first-order chi connectivity index (χ1) is 19.8. The zero-order valence-electron chi connectivity index (χ0n) is 23.4. The van der Waals surface area contributed by atoms with Crippen LogP contribution in [0.3, 0.4) is 0 Å². The van der Waals surface area contributed by atoms with Crippen molar-refractivity contribution < 1.29 is 28.2 Å². The fraction of sp³-hybridized carbons (Fsp3) is 0.433. The van der Waals surface area contributed by atoms with Gasteiger partial charge in [-0.05, 0) is 25.0 Å². The molecule has 2 amide bonds. The van der Waals surface area contributed by atoms with Crippen molar-refractivity contribution in [2.75, 3.05) is 39.9 Å². The van der Waals surface area contributed by atoms with Crippen LogP contribution in [0.15, 0.2) is 54.9 Å². The van der Waals surface area contributed by atoms with Gasteiger partial charge >= 0.3 is 0 Å². The van der Waals surface area contributed by atoms with Crippen LogP contribution in [0.1, 0.15) is 52.6 Å². The van der Waals surface area contributed by atoms with E-state index in [1.165, 1.54) is 0 Å². The quantitative estimate of drug-likeness (QED) is 0.363. The maximum absolute atomic E-state index is 14.1. The van der Waals surface area contributed by atoms with E-state index >= 15 is 0 Å². The Kier molecular flexibility index (Phi) is 10.3. The molecule has 1 saturated carbocycles. The van der Waals surface area contributed by atoms with Gasteiger partial charge in [0, 0.05) is 50.5 Å². The van der Waals surface area contributed by atoms with E-state index in [4.69, 9.17) is 4.74 Å². The number of nitrogens with zero attached hydrogens (tertiary/aromatic N) is 3. The Morgan fingerprint density at radius 3 is 2.62 bits per heavy atom. The summed E-state index contributed by atoms with van der Waals surface area (Å²) in [5.41, 5.74) is 0.438. The molecule has 226 valence electrons. The molecule has 0 spiro atoms. The van der Waals surface area contributed by atoms with Crippen molar-refractivity contribution in [1.29, 1.82) is 0 Å². The highest BCUT2D eigenvalue weighted by molar-refractivity contribution is 5.99. The zero-order chi connectivity index (χ0) is 29.0. The van der Waals surface area contributed by atoms with Gasteiger partial charge in [0.05, 0.1) is 30.7 Å². The van der Waals surface area contributed by atoms with Gasteiger partial charge in [0.2, 0.25) is 0 Å². The molecule has 2 fully saturated rings. The SMILES string of the molecule is COC[C@]1(O)CCCC[C@H]1n1cnc(C(=O)N2CCNC[C@H]2CNC(=O)c2cc(F)cc(F)c2)c1-c1ccccc1.Cl. The van der Waals surface area contributed by atoms with Crippen LogP contribution in [0, 0.1) is 11.6 Å². The minimum absolute atomic E-state index is 0. The molecule has 9 nitrogen and oxygen atoms in total. The first-order valence-electron chi connectivity index (χ1n) is 13.9. The molecule has 2 aliphatic rings. The monoisotopic (exact) mass is 603 g/mol. The fourth-order valence-electron chi connectivity index (χ4n) is 6.00. The average molecular weight is 604 g/mol. The van der Waals surface area contributed by atoms with Crippen LogP contribution in [-0.2, 0) is 4.74 Å². The summed E-state index contributed by atoms with van der Waals surface area (Å²) in [6.45, 7) is 1.60. The molecule has 2 aromatic carbocycles. The number of ether oxygens (including phenoxy) is 1. The Bertz CT molecular complexity index is 1370. The highest BCUT2D eigenvalue weighted by Gasteiger charge is 2.42. The molecular formula is C30H36ClF2N5O4. The molecule has 5 rings (SSSR count). The Morgan fingerprint density at radius 2 is 1.90 bits per heavy atom. The summed E-state index contributed by atoms with van der Waals surface area (Å²) >= 11 is 0. The third-order valence-corrected chi connectivity index (χ3v) is 7.97. The number of carbonyl (C=O) groups excluding carboxylic acids is 2. The van der Waals surface area contributed by atoms with E-state index in [9.17, 15) is 23.5 Å². The van der Waals surface area contributed by atoms with Gasteiger partial charge in [0.1, 0.15) is 17.2 Å². The number of imidazole rings is 1. The summed E-state index contributed by atoms with van der Waals surface area (Å²) in [7, 11) is 1.57. The maximum Gasteiger partial charge on any atom is 0.275 e. The molecule has 1 saturated heterocycles. The molecule has 3 atom stereocenters. The second kappa shape index (κ2) is 13.7. The molecular weight excluding hydrogens is 568 g/mol. The fourth-order valence-corrected chi connectivity index (χ4v) is 6.00. The van der Waals surface area contributed by atoms with E-state index in [0.29, 0.717) is 44.2 Å². The normalized spacial score (nSPS) is 22.3. The van der Waals surface area contributed by atoms with Gasteiger partial charge in [-0.1, -0.05) is 43.2 Å². The van der Waals surface area contributed by atoms with E-state index in [1.807, 2.05) is 34.9 Å². The second-order valence-electron chi connectivity index (χ2n) is 10.7. The van der Waals surface area contributed by atoms with Crippen LogP contribution >= 0.6 is 12.4 Å². The summed E-state index contributed by atoms with van der Waals surface area (Å²) in [6, 6.07) is 11.4. The lowest BCUT2D eigenvalue weighted by molar-refractivity contribution is -0.0893. The number of carbonyl (C=O) groups is 2. The summed E-state index contributed by atoms with van der Waals surface area (Å²) in [4.78, 5) is 33.0. The standard InChI is InChI=1S/C30H35F2N5O4.ClH/c1-41-18-30(40)10-6-5-9-25(30)37-19-35-26(27(37)20-7-3-2-4-8-20)29(39)36-12-11-33-16-24(36)17-34-28(38)21-13-22(31)15-23(32)14-21;/h2-4,7-8,13-15,19,24-25,33,40H,5-6,9-12,16-18H2,1H3,(H,34,38);1H/t24-,25+,30+;/m0./s1. The van der Waals surface area contributed by atoms with Crippen molar-refractivity contribution in [2.45, 2.75) is 43.4 Å². The number of benzene rings is 2. The lowest BCUT2D eigenvalue weighted by Gasteiger charge is -2.41. The van der Waals surface area contributed by atoms with E-state index in [-0.39, 0.29) is 48.8 Å². The summed E-state index contributed by atoms with van der Waals surface area (Å²) < 4.78 is 34.6. The van der Waals surface area contributed by atoms with E-state index in [1.54, 1.807) is 18.3 Å². The van der Waals surface area contributed by atoms with Crippen LogP contribution in [0.25, 0.3) is 11.3 Å². The van der Waals surface area contributed by atoms with Crippen molar-refractivity contribution >= 4 is 24.2 Å². The molecule has 2 heterocycles. The Labute approximate surface area is 249 Å². The largest absolute Gasteiger partial charge is 0.385 e. The number of aromatic nitrogens is 2. The molecule has 0 bridgehead atoms. The van der Waals surface area contributed by atoms with E-state index < -0.39 is 29.2 Å². The van der Waals surface area contributed by atoms with Crippen molar-refractivity contribution in [3.8, 4) is 11.3 Å². The molecule has 0 radical (unpaired) electrons. The maximum atomic E-state index is 14.1. The van der Waals surface area contributed by atoms with Crippen LogP contribution in [0.5, 0.6) is 0 Å². The van der Waals surface area contributed by atoms with Crippen molar-refractivity contribution in [1.82, 2.24) is 25.1 Å². The molecule has 1 aromatic heterocycles. The number of piperazine rings is 1. The average Bonchev–Trinajstić information content (AvgIpc) is 3.40. The predicted octanol–water partition coefficient (Wildman–Crippen LogP) is 3.59. The van der Waals surface area contributed by atoms with Gasteiger partial charge in [-0.25, -0.2) is 13.8 Å². The lowest BCUT2D eigenvalue weighted by atomic mass is 9.80. The number of nitrogens with one attached hydrogen (secondary N) is 2. The number of methoxy groups -OCH3 is 1. The molecule has 1 aliphatic heterocycles. The van der Waals surface area contributed by atoms with Crippen molar-refractivity contribution in [3.05, 3.63) is 77.8 Å². The number of hydrogen-bond acceptors (Lipinski definition) is 6. The van der Waals surface area contributed by atoms with Crippen LogP contribution in [0.4, 0.5) is 8.78 Å². The molecule has 42 heavy (non-hydrogen) atoms. The van der Waals surface area contributed by atoms with Gasteiger partial charge in [0.15, 0.2) is 5.69 Å². The first kappa shape index (κ1) is 31.6. The van der Waals surface area contributed by atoms with Gasteiger partial charge < -0.3 is 29.9 Å². The Morgan fingerprint density at radius 1 is 1.17 bits per heavy atom. The summed E-state index contributed by atoms with van der Waals surface area (Å²) in [5.74, 6) is -2.62. The van der Waals surface area contributed by atoms with Crippen molar-refractivity contribution in [2.24, 2.45) is 0 Å². The molecule has 0 unspecified atom stereocenters. The van der Waals surface area contributed by atoms with Gasteiger partial charge in [0.25, 0.3) is 11.8 Å². The highest BCUT2D eigenvalue weighted by Crippen LogP contribution is 2.41. The number of halogens is 3. The molecule has 1 aliphatic carbocycles. The summed E-state index contributed by atoms with van der Waals surface area (Å²) in [5, 5.41) is 17.5. The highest BCUT2D eigenvalue weighted by atomic mass is 35.5. The number of aliphatic hydroxyl groups is 1. The Hall–Kier alpha value is -3.38. The first-order valence-corrected chi connectivity index (χ1v) is 13.9. The van der Waals surface area contributed by atoms with Crippen LogP contribution in [-0.4, -0.2) is 82.9 Å². The third kappa shape index (κ3) is 6.64.